The monoisotopic (exact) mass is 507 g/mol. The standard InChI is InChI=1S/C26H26BrN3O3/c1-18-4-2-5-19(16-18)24(31)28-22-6-3-7-23(17-22)29-25(32)30-14-12-26(33,13-15-30)20-8-10-21(27)11-9-20/h2-11,16-17,33H,12-15H2,1H3,(H,28,31)(H,29,32). The third kappa shape index (κ3) is 5.61. The van der Waals surface area contributed by atoms with Gasteiger partial charge in [0.2, 0.25) is 0 Å². The van der Waals surface area contributed by atoms with E-state index in [9.17, 15) is 14.7 Å². The maximum atomic E-state index is 12.8. The molecule has 0 atom stereocenters. The summed E-state index contributed by atoms with van der Waals surface area (Å²) in [4.78, 5) is 27.0. The summed E-state index contributed by atoms with van der Waals surface area (Å²) < 4.78 is 0.962. The molecule has 7 heteroatoms. The molecule has 0 bridgehead atoms. The number of carbonyl (C=O) groups is 2. The van der Waals surface area contributed by atoms with Gasteiger partial charge in [0.15, 0.2) is 0 Å². The fourth-order valence-electron chi connectivity index (χ4n) is 4.00. The van der Waals surface area contributed by atoms with Crippen molar-refractivity contribution in [1.82, 2.24) is 4.90 Å². The lowest BCUT2D eigenvalue weighted by Gasteiger charge is -2.38. The normalized spacial score (nSPS) is 15.1. The molecule has 0 aromatic heterocycles. The van der Waals surface area contributed by atoms with Gasteiger partial charge in [-0.1, -0.05) is 51.8 Å². The van der Waals surface area contributed by atoms with Crippen LogP contribution in [0.1, 0.15) is 34.3 Å². The second-order valence-corrected chi connectivity index (χ2v) is 9.28. The third-order valence-electron chi connectivity index (χ3n) is 5.91. The molecule has 1 aliphatic heterocycles. The lowest BCUT2D eigenvalue weighted by atomic mass is 9.84. The number of nitrogens with one attached hydrogen (secondary N) is 2. The number of amides is 3. The van der Waals surface area contributed by atoms with Gasteiger partial charge in [-0.05, 0) is 67.8 Å². The predicted molar refractivity (Wildman–Crippen MR) is 133 cm³/mol. The number of hydrogen-bond donors (Lipinski definition) is 3. The van der Waals surface area contributed by atoms with Gasteiger partial charge in [-0.25, -0.2) is 4.79 Å². The first kappa shape index (κ1) is 23.0. The minimum atomic E-state index is -0.933. The van der Waals surface area contributed by atoms with Crippen LogP contribution < -0.4 is 10.6 Å². The number of benzene rings is 3. The van der Waals surface area contributed by atoms with E-state index in [0.29, 0.717) is 42.9 Å². The van der Waals surface area contributed by atoms with Gasteiger partial charge in [0.05, 0.1) is 5.60 Å². The number of halogens is 1. The number of rotatable bonds is 4. The fraction of sp³-hybridized carbons (Fsp3) is 0.231. The van der Waals surface area contributed by atoms with Crippen LogP contribution in [-0.4, -0.2) is 35.0 Å². The highest BCUT2D eigenvalue weighted by Crippen LogP contribution is 2.33. The molecule has 3 amide bonds. The van der Waals surface area contributed by atoms with E-state index in [1.807, 2.05) is 49.4 Å². The average molecular weight is 508 g/mol. The predicted octanol–water partition coefficient (Wildman–Crippen LogP) is 5.53. The van der Waals surface area contributed by atoms with Gasteiger partial charge in [-0.2, -0.15) is 0 Å². The third-order valence-corrected chi connectivity index (χ3v) is 6.44. The summed E-state index contributed by atoms with van der Waals surface area (Å²) in [6.45, 7) is 2.83. The van der Waals surface area contributed by atoms with Crippen LogP contribution in [-0.2, 0) is 5.60 Å². The molecule has 1 saturated heterocycles. The minimum Gasteiger partial charge on any atom is -0.385 e. The van der Waals surface area contributed by atoms with Crippen molar-refractivity contribution in [1.29, 1.82) is 0 Å². The Kier molecular flexibility index (Phi) is 6.81. The van der Waals surface area contributed by atoms with Crippen molar-refractivity contribution in [3.8, 4) is 0 Å². The van der Waals surface area contributed by atoms with Crippen LogP contribution in [0.4, 0.5) is 16.2 Å². The van der Waals surface area contributed by atoms with E-state index >= 15 is 0 Å². The van der Waals surface area contributed by atoms with Crippen molar-refractivity contribution in [2.24, 2.45) is 0 Å². The lowest BCUT2D eigenvalue weighted by Crippen LogP contribution is -2.46. The molecule has 1 fully saturated rings. The first-order valence-electron chi connectivity index (χ1n) is 10.8. The highest BCUT2D eigenvalue weighted by atomic mass is 79.9. The molecular weight excluding hydrogens is 482 g/mol. The molecule has 1 heterocycles. The van der Waals surface area contributed by atoms with Crippen molar-refractivity contribution in [3.63, 3.8) is 0 Å². The second kappa shape index (κ2) is 9.77. The minimum absolute atomic E-state index is 0.203. The van der Waals surface area contributed by atoms with Gasteiger partial charge >= 0.3 is 6.03 Å². The number of nitrogens with zero attached hydrogens (tertiary/aromatic N) is 1. The molecule has 0 aliphatic carbocycles. The second-order valence-electron chi connectivity index (χ2n) is 8.36. The van der Waals surface area contributed by atoms with E-state index < -0.39 is 5.60 Å². The Bertz CT molecular complexity index is 1160. The van der Waals surface area contributed by atoms with E-state index in [-0.39, 0.29) is 11.9 Å². The summed E-state index contributed by atoms with van der Waals surface area (Å²) in [6, 6.07) is 21.9. The fourth-order valence-corrected chi connectivity index (χ4v) is 4.26. The molecule has 33 heavy (non-hydrogen) atoms. The molecule has 6 nitrogen and oxygen atoms in total. The van der Waals surface area contributed by atoms with E-state index in [1.165, 1.54) is 0 Å². The van der Waals surface area contributed by atoms with E-state index in [1.54, 1.807) is 35.2 Å². The van der Waals surface area contributed by atoms with Crippen LogP contribution in [0.25, 0.3) is 0 Å². The van der Waals surface area contributed by atoms with Gasteiger partial charge in [0.25, 0.3) is 5.91 Å². The first-order chi connectivity index (χ1) is 15.8. The number of aryl methyl sites for hydroxylation is 1. The number of hydrogen-bond acceptors (Lipinski definition) is 3. The Morgan fingerprint density at radius 3 is 2.21 bits per heavy atom. The Morgan fingerprint density at radius 1 is 0.909 bits per heavy atom. The average Bonchev–Trinajstić information content (AvgIpc) is 2.80. The maximum Gasteiger partial charge on any atom is 0.321 e. The van der Waals surface area contributed by atoms with Crippen molar-refractivity contribution < 1.29 is 14.7 Å². The summed E-state index contributed by atoms with van der Waals surface area (Å²) in [6.07, 6.45) is 0.934. The van der Waals surface area contributed by atoms with Crippen molar-refractivity contribution in [2.75, 3.05) is 23.7 Å². The maximum absolute atomic E-state index is 12.8. The SMILES string of the molecule is Cc1cccc(C(=O)Nc2cccc(NC(=O)N3CCC(O)(c4ccc(Br)cc4)CC3)c2)c1. The molecule has 4 rings (SSSR count). The molecule has 0 unspecified atom stereocenters. The summed E-state index contributed by atoms with van der Waals surface area (Å²) in [5.41, 5.74) is 2.71. The van der Waals surface area contributed by atoms with Gasteiger partial charge in [0, 0.05) is 34.5 Å². The molecule has 0 saturated carbocycles. The van der Waals surface area contributed by atoms with Gasteiger partial charge in [-0.3, -0.25) is 4.79 Å². The molecule has 0 spiro atoms. The van der Waals surface area contributed by atoms with Crippen molar-refractivity contribution in [2.45, 2.75) is 25.4 Å². The van der Waals surface area contributed by atoms with Crippen LogP contribution in [0, 0.1) is 6.92 Å². The van der Waals surface area contributed by atoms with Crippen LogP contribution in [0.15, 0.2) is 77.3 Å². The Balaban J connectivity index is 1.35. The Labute approximate surface area is 201 Å². The molecule has 3 N–H and O–H groups in total. The quantitative estimate of drug-likeness (QED) is 0.434. The molecule has 3 aromatic rings. The number of likely N-dealkylation sites (tertiary alicyclic amines) is 1. The number of aliphatic hydroxyl groups is 1. The van der Waals surface area contributed by atoms with E-state index in [0.717, 1.165) is 15.6 Å². The smallest absolute Gasteiger partial charge is 0.321 e. The highest BCUT2D eigenvalue weighted by molar-refractivity contribution is 9.10. The summed E-state index contributed by atoms with van der Waals surface area (Å²) in [5, 5.41) is 16.8. The largest absolute Gasteiger partial charge is 0.385 e. The van der Waals surface area contributed by atoms with E-state index in [4.69, 9.17) is 0 Å². The zero-order chi connectivity index (χ0) is 23.4. The first-order valence-corrected chi connectivity index (χ1v) is 11.6. The van der Waals surface area contributed by atoms with Gasteiger partial charge in [-0.15, -0.1) is 0 Å². The molecule has 170 valence electrons. The molecule has 1 aliphatic rings. The number of anilines is 2. The van der Waals surface area contributed by atoms with Crippen molar-refractivity contribution >= 4 is 39.2 Å². The van der Waals surface area contributed by atoms with Crippen LogP contribution >= 0.6 is 15.9 Å². The van der Waals surface area contributed by atoms with Gasteiger partial charge in [0.1, 0.15) is 0 Å². The van der Waals surface area contributed by atoms with Crippen molar-refractivity contribution in [3.05, 3.63) is 94.0 Å². The lowest BCUT2D eigenvalue weighted by molar-refractivity contribution is -0.0157. The Morgan fingerprint density at radius 2 is 1.55 bits per heavy atom. The highest BCUT2D eigenvalue weighted by Gasteiger charge is 2.35. The zero-order valence-electron chi connectivity index (χ0n) is 18.3. The summed E-state index contributed by atoms with van der Waals surface area (Å²) in [5.74, 6) is -0.203. The van der Waals surface area contributed by atoms with Gasteiger partial charge < -0.3 is 20.6 Å². The number of carbonyl (C=O) groups excluding carboxylic acids is 2. The Hall–Kier alpha value is -3.16. The zero-order valence-corrected chi connectivity index (χ0v) is 19.9. The van der Waals surface area contributed by atoms with Crippen LogP contribution in [0.3, 0.4) is 0 Å². The number of piperidine rings is 1. The summed E-state index contributed by atoms with van der Waals surface area (Å²) >= 11 is 3.41. The van der Waals surface area contributed by atoms with E-state index in [2.05, 4.69) is 26.6 Å². The van der Waals surface area contributed by atoms with Crippen LogP contribution in [0.2, 0.25) is 0 Å². The molecule has 0 radical (unpaired) electrons. The topological polar surface area (TPSA) is 81.7 Å². The molecular formula is C26H26BrN3O3. The molecule has 3 aromatic carbocycles. The summed E-state index contributed by atoms with van der Waals surface area (Å²) in [7, 11) is 0. The van der Waals surface area contributed by atoms with Crippen LogP contribution in [0.5, 0.6) is 0 Å². The number of urea groups is 1.